The Labute approximate surface area is 285 Å². The number of allylic oxidation sites excluding steroid dienone is 2. The van der Waals surface area contributed by atoms with Gasteiger partial charge in [0.25, 0.3) is 5.56 Å². The van der Waals surface area contributed by atoms with E-state index in [4.69, 9.17) is 39.8 Å². The van der Waals surface area contributed by atoms with E-state index in [1.165, 1.54) is 16.7 Å². The van der Waals surface area contributed by atoms with Gasteiger partial charge >= 0.3 is 0 Å². The van der Waals surface area contributed by atoms with Crippen molar-refractivity contribution in [1.29, 1.82) is 5.26 Å². The molecule has 246 valence electrons. The Morgan fingerprint density at radius 3 is 2.49 bits per heavy atom. The second kappa shape index (κ2) is 12.8. The zero-order valence-electron chi connectivity index (χ0n) is 26.2. The van der Waals surface area contributed by atoms with Gasteiger partial charge in [-0.15, -0.1) is 0 Å². The third-order valence-corrected chi connectivity index (χ3v) is 9.74. The zero-order chi connectivity index (χ0) is 34.6. The summed E-state index contributed by atoms with van der Waals surface area (Å²) in [7, 11) is 1.86. The van der Waals surface area contributed by atoms with E-state index in [-0.39, 0.29) is 71.2 Å². The summed E-state index contributed by atoms with van der Waals surface area (Å²) < 4.78 is 30.5. The largest absolute Gasteiger partial charge is 0.504 e. The van der Waals surface area contributed by atoms with E-state index in [0.29, 0.717) is 11.1 Å². The number of hydrogen-bond donors (Lipinski definition) is 1. The number of anilines is 1. The van der Waals surface area contributed by atoms with Gasteiger partial charge in [-0.2, -0.15) is 9.65 Å². The molecule has 0 aliphatic carbocycles. The summed E-state index contributed by atoms with van der Waals surface area (Å²) in [5.74, 6) is -4.63. The minimum absolute atomic E-state index is 0.0198. The van der Waals surface area contributed by atoms with Crippen LogP contribution in [0.2, 0.25) is 15.1 Å². The molecule has 9 nitrogen and oxygen atoms in total. The number of likely N-dealkylation sites (N-methyl/N-ethyl adjacent to an activating group) is 1. The summed E-state index contributed by atoms with van der Waals surface area (Å²) in [5.41, 5.74) is -0.0322. The van der Waals surface area contributed by atoms with Crippen LogP contribution < -0.4 is 10.5 Å². The average molecular weight is 704 g/mol. The Hall–Kier alpha value is -4.11. The topological polar surface area (TPSA) is 106 Å². The van der Waals surface area contributed by atoms with Crippen LogP contribution >= 0.6 is 34.8 Å². The number of nitriles is 1. The molecule has 3 aromatic rings. The van der Waals surface area contributed by atoms with Crippen molar-refractivity contribution in [3.8, 4) is 23.1 Å². The summed E-state index contributed by atoms with van der Waals surface area (Å²) >= 11 is 19.1. The van der Waals surface area contributed by atoms with E-state index in [1.807, 2.05) is 56.8 Å². The van der Waals surface area contributed by atoms with Gasteiger partial charge in [0.1, 0.15) is 17.3 Å². The first-order valence-corrected chi connectivity index (χ1v) is 15.8. The van der Waals surface area contributed by atoms with E-state index in [1.54, 1.807) is 4.90 Å². The Bertz CT molecular complexity index is 1990. The molecule has 2 aromatic heterocycles. The highest BCUT2D eigenvalue weighted by atomic mass is 35.5. The number of carbonyl (C=O) groups excluding carboxylic acids is 1. The minimum Gasteiger partial charge on any atom is -0.504 e. The van der Waals surface area contributed by atoms with E-state index >= 15 is 0 Å². The molecule has 0 bridgehead atoms. The molecule has 1 amide bonds. The maximum Gasteiger partial charge on any atom is 0.276 e. The van der Waals surface area contributed by atoms with Crippen LogP contribution in [0.3, 0.4) is 0 Å². The maximum absolute atomic E-state index is 14.8. The number of phenols is 1. The lowest BCUT2D eigenvalue weighted by Crippen LogP contribution is -2.54. The molecule has 1 fully saturated rings. The van der Waals surface area contributed by atoms with Gasteiger partial charge in [0.2, 0.25) is 11.7 Å². The Balaban J connectivity index is 1.92. The third-order valence-electron chi connectivity index (χ3n) is 8.62. The molecule has 1 N–H and O–H groups in total. The van der Waals surface area contributed by atoms with Crippen molar-refractivity contribution in [3.63, 3.8) is 0 Å². The fraction of sp³-hybridized carbons (Fsp3) is 0.333. The third kappa shape index (κ3) is 5.52. The molecule has 1 saturated heterocycles. The van der Waals surface area contributed by atoms with E-state index in [0.717, 1.165) is 5.57 Å². The highest BCUT2D eigenvalue weighted by Crippen LogP contribution is 2.47. The lowest BCUT2D eigenvalue weighted by Gasteiger charge is -2.41. The zero-order valence-corrected chi connectivity index (χ0v) is 28.5. The number of halogens is 5. The van der Waals surface area contributed by atoms with Gasteiger partial charge in [-0.25, -0.2) is 9.37 Å². The van der Waals surface area contributed by atoms with Gasteiger partial charge in [-0.05, 0) is 49.8 Å². The van der Waals surface area contributed by atoms with Crippen molar-refractivity contribution < 1.29 is 18.7 Å². The summed E-state index contributed by atoms with van der Waals surface area (Å²) in [6, 6.07) is 2.89. The molecule has 4 heterocycles. The summed E-state index contributed by atoms with van der Waals surface area (Å²) in [4.78, 5) is 37.2. The van der Waals surface area contributed by atoms with Gasteiger partial charge in [0.15, 0.2) is 11.6 Å². The number of pyridine rings is 2. The first-order valence-electron chi connectivity index (χ1n) is 14.7. The van der Waals surface area contributed by atoms with Gasteiger partial charge in [0, 0.05) is 38.1 Å². The van der Waals surface area contributed by atoms with E-state index in [9.17, 15) is 28.7 Å². The number of aromatic hydroxyl groups is 1. The monoisotopic (exact) mass is 702 g/mol. The van der Waals surface area contributed by atoms with Crippen molar-refractivity contribution in [1.82, 2.24) is 19.4 Å². The molecule has 2 aliphatic heterocycles. The van der Waals surface area contributed by atoms with Crippen LogP contribution in [0.5, 0.6) is 5.75 Å². The normalized spacial score (nSPS) is 18.4. The molecule has 0 radical (unpaired) electrons. The molecule has 47 heavy (non-hydrogen) atoms. The van der Waals surface area contributed by atoms with Crippen LogP contribution in [0.25, 0.3) is 28.0 Å². The number of fused-ring (bicyclic) bond motifs is 1. The molecular weight excluding hydrogens is 673 g/mol. The van der Waals surface area contributed by atoms with Crippen LogP contribution in [0, 0.1) is 28.9 Å². The summed E-state index contributed by atoms with van der Waals surface area (Å²) in [5, 5.41) is 20.1. The minimum atomic E-state index is -1.65. The number of carbonyl (C=O) groups is 1. The molecule has 14 heteroatoms. The molecule has 5 rings (SSSR count). The van der Waals surface area contributed by atoms with Crippen molar-refractivity contribution in [2.45, 2.75) is 39.8 Å². The summed E-state index contributed by atoms with van der Waals surface area (Å²) in [6.07, 6.45) is 4.95. The molecule has 2 aliphatic rings. The Morgan fingerprint density at radius 2 is 1.89 bits per heavy atom. The smallest absolute Gasteiger partial charge is 0.276 e. The van der Waals surface area contributed by atoms with Gasteiger partial charge < -0.3 is 19.8 Å². The molecule has 1 unspecified atom stereocenters. The molecular formula is C33H31Cl3F2N6O3. The predicted octanol–water partition coefficient (Wildman–Crippen LogP) is 6.82. The number of benzene rings is 1. The van der Waals surface area contributed by atoms with Crippen molar-refractivity contribution in [3.05, 3.63) is 79.2 Å². The molecule has 0 spiro atoms. The lowest BCUT2D eigenvalue weighted by atomic mass is 9.93. The van der Waals surface area contributed by atoms with Crippen molar-refractivity contribution in [2.75, 3.05) is 31.6 Å². The quantitative estimate of drug-likeness (QED) is 0.177. The number of hydrogen-bond acceptors (Lipinski definition) is 7. The van der Waals surface area contributed by atoms with Gasteiger partial charge in [0.05, 0.1) is 43.8 Å². The highest BCUT2D eigenvalue weighted by Gasteiger charge is 2.35. The van der Waals surface area contributed by atoms with E-state index < -0.39 is 38.6 Å². The van der Waals surface area contributed by atoms with Crippen LogP contribution in [0.1, 0.15) is 33.3 Å². The van der Waals surface area contributed by atoms with Crippen LogP contribution in [0.15, 0.2) is 41.4 Å². The highest BCUT2D eigenvalue weighted by molar-refractivity contribution is 6.44. The number of amides is 1. The lowest BCUT2D eigenvalue weighted by molar-refractivity contribution is -0.128. The number of rotatable bonds is 5. The van der Waals surface area contributed by atoms with Crippen LogP contribution in [-0.4, -0.2) is 69.1 Å². The SMILES string of the molecule is C=CC(=O)N1CCN(c2c(C#N)c(=O)n(C3=C(C)C=CN(C)C3C(C)C)c3nc(-c4c(O)c(F)c(F)c(Cl)c4Cl)c(Cl)cc23)C[C@H]1C. The van der Waals surface area contributed by atoms with E-state index in [2.05, 4.69) is 12.6 Å². The number of phenolic OH excluding ortho intramolecular Hbond substituents is 1. The van der Waals surface area contributed by atoms with Gasteiger partial charge in [-0.3, -0.25) is 14.2 Å². The Kier molecular flexibility index (Phi) is 9.34. The molecule has 0 saturated carbocycles. The van der Waals surface area contributed by atoms with Gasteiger partial charge in [-0.1, -0.05) is 55.2 Å². The average Bonchev–Trinajstić information content (AvgIpc) is 3.03. The second-order valence-electron chi connectivity index (χ2n) is 11.9. The van der Waals surface area contributed by atoms with Crippen LogP contribution in [-0.2, 0) is 4.79 Å². The summed E-state index contributed by atoms with van der Waals surface area (Å²) in [6.45, 7) is 12.0. The first kappa shape index (κ1) is 34.2. The number of aromatic nitrogens is 2. The molecule has 1 aromatic carbocycles. The second-order valence-corrected chi connectivity index (χ2v) is 13.1. The Morgan fingerprint density at radius 1 is 1.21 bits per heavy atom. The molecule has 2 atom stereocenters. The van der Waals surface area contributed by atoms with Crippen LogP contribution in [0.4, 0.5) is 14.5 Å². The number of nitrogens with zero attached hydrogens (tertiary/aromatic N) is 6. The standard InChI is InChI=1S/C33H31Cl3F2N6O3/c1-7-21(45)43-11-10-42(14-17(43)5)30-18-12-20(34)27(22-23(35)24(36)25(37)26(38)31(22)46)40-32(18)44(33(47)19(30)13-39)29-16(4)8-9-41(6)28(29)15(2)3/h7-9,12,15,17,28,46H,1,10-11,14H2,2-6H3/t17-,28?/m1/s1. The van der Waals surface area contributed by atoms with Crippen molar-refractivity contribution in [2.24, 2.45) is 5.92 Å². The first-order chi connectivity index (χ1) is 22.2. The maximum atomic E-state index is 14.8. The van der Waals surface area contributed by atoms with Crippen molar-refractivity contribution >= 4 is 63.1 Å². The fourth-order valence-corrected chi connectivity index (χ4v) is 7.15. The fourth-order valence-electron chi connectivity index (χ4n) is 6.47. The number of piperazine rings is 1. The predicted molar refractivity (Wildman–Crippen MR) is 181 cm³/mol.